The van der Waals surface area contributed by atoms with Crippen LogP contribution in [0.25, 0.3) is 10.9 Å². The van der Waals surface area contributed by atoms with Crippen LogP contribution in [-0.4, -0.2) is 41.3 Å². The molecule has 1 aliphatic rings. The third kappa shape index (κ3) is 5.64. The fourth-order valence-corrected chi connectivity index (χ4v) is 4.23. The molecule has 1 aliphatic heterocycles. The molecule has 2 heterocycles. The molecular weight excluding hydrogens is 462 g/mol. The minimum atomic E-state index is -0.796. The Morgan fingerprint density at radius 1 is 1.32 bits per heavy atom. The number of hydrogen-bond acceptors (Lipinski definition) is 4. The molecule has 0 saturated carbocycles. The zero-order valence-electron chi connectivity index (χ0n) is 17.5. The van der Waals surface area contributed by atoms with Gasteiger partial charge in [0, 0.05) is 27.8 Å². The van der Waals surface area contributed by atoms with Crippen LogP contribution in [-0.2, 0) is 9.59 Å². The van der Waals surface area contributed by atoms with Gasteiger partial charge < -0.3 is 20.9 Å². The molecule has 3 atom stereocenters. The summed E-state index contributed by atoms with van der Waals surface area (Å²) >= 11 is 3.47. The predicted octanol–water partition coefficient (Wildman–Crippen LogP) is 2.61. The van der Waals surface area contributed by atoms with Crippen molar-refractivity contribution in [3.8, 4) is 6.07 Å². The molecule has 0 unspecified atom stereocenters. The second kappa shape index (κ2) is 9.96. The maximum atomic E-state index is 12.9. The van der Waals surface area contributed by atoms with E-state index in [9.17, 15) is 19.6 Å². The van der Waals surface area contributed by atoms with E-state index in [0.29, 0.717) is 25.1 Å². The summed E-state index contributed by atoms with van der Waals surface area (Å²) in [4.78, 5) is 40.6. The summed E-state index contributed by atoms with van der Waals surface area (Å²) in [7, 11) is 0. The molecule has 3 rings (SSSR count). The highest BCUT2D eigenvalue weighted by atomic mass is 79.9. The second-order valence-corrected chi connectivity index (χ2v) is 9.10. The first-order chi connectivity index (χ1) is 14.8. The van der Waals surface area contributed by atoms with Gasteiger partial charge in [0.05, 0.1) is 6.07 Å². The van der Waals surface area contributed by atoms with Crippen molar-refractivity contribution in [2.75, 3.05) is 6.54 Å². The zero-order valence-corrected chi connectivity index (χ0v) is 19.1. The van der Waals surface area contributed by atoms with Gasteiger partial charge >= 0.3 is 0 Å². The van der Waals surface area contributed by atoms with Crippen molar-refractivity contribution in [3.63, 3.8) is 0 Å². The summed E-state index contributed by atoms with van der Waals surface area (Å²) < 4.78 is 0.865. The summed E-state index contributed by atoms with van der Waals surface area (Å²) in [6.07, 6.45) is 1.32. The molecule has 3 amide bonds. The number of nitrogens with one attached hydrogen (secondary N) is 4. The van der Waals surface area contributed by atoms with Crippen molar-refractivity contribution in [2.24, 2.45) is 11.8 Å². The van der Waals surface area contributed by atoms with Gasteiger partial charge in [0.25, 0.3) is 5.91 Å². The Morgan fingerprint density at radius 3 is 2.71 bits per heavy atom. The van der Waals surface area contributed by atoms with Crippen molar-refractivity contribution in [1.29, 1.82) is 5.26 Å². The molecule has 164 valence electrons. The monoisotopic (exact) mass is 487 g/mol. The van der Waals surface area contributed by atoms with Gasteiger partial charge in [-0.3, -0.25) is 14.4 Å². The quantitative estimate of drug-likeness (QED) is 0.456. The fourth-order valence-electron chi connectivity index (χ4n) is 3.75. The highest BCUT2D eigenvalue weighted by Gasteiger charge is 2.30. The van der Waals surface area contributed by atoms with E-state index in [4.69, 9.17) is 0 Å². The van der Waals surface area contributed by atoms with Crippen LogP contribution < -0.4 is 16.0 Å². The van der Waals surface area contributed by atoms with Gasteiger partial charge in [-0.15, -0.1) is 0 Å². The molecule has 0 spiro atoms. The molecule has 4 N–H and O–H groups in total. The van der Waals surface area contributed by atoms with Crippen LogP contribution in [0.2, 0.25) is 0 Å². The third-order valence-electron chi connectivity index (χ3n) is 5.34. The Hall–Kier alpha value is -2.86. The van der Waals surface area contributed by atoms with Crippen molar-refractivity contribution in [1.82, 2.24) is 20.9 Å². The van der Waals surface area contributed by atoms with Crippen LogP contribution in [0.1, 0.15) is 43.6 Å². The van der Waals surface area contributed by atoms with Gasteiger partial charge in [0.15, 0.2) is 0 Å². The number of nitriles is 1. The SMILES string of the molecule is CC(C)C[C@H](NC(=O)c1cc2c(Br)cccc2[nH]1)C(=O)N[C@H](C#N)C[C@@H]1CCNC1=O. The maximum absolute atomic E-state index is 12.9. The van der Waals surface area contributed by atoms with Gasteiger partial charge in [0.1, 0.15) is 17.8 Å². The maximum Gasteiger partial charge on any atom is 0.268 e. The van der Waals surface area contributed by atoms with Crippen molar-refractivity contribution in [2.45, 2.75) is 45.2 Å². The molecule has 1 fully saturated rings. The largest absolute Gasteiger partial charge is 0.356 e. The number of aromatic amines is 1. The minimum Gasteiger partial charge on any atom is -0.356 e. The smallest absolute Gasteiger partial charge is 0.268 e. The minimum absolute atomic E-state index is 0.0912. The lowest BCUT2D eigenvalue weighted by Gasteiger charge is -2.22. The van der Waals surface area contributed by atoms with E-state index < -0.39 is 23.9 Å². The molecule has 0 radical (unpaired) electrons. The molecule has 2 aromatic rings. The van der Waals surface area contributed by atoms with Crippen LogP contribution in [0.3, 0.4) is 0 Å². The second-order valence-electron chi connectivity index (χ2n) is 8.24. The lowest BCUT2D eigenvalue weighted by atomic mass is 9.98. The summed E-state index contributed by atoms with van der Waals surface area (Å²) in [5, 5.41) is 18.6. The van der Waals surface area contributed by atoms with Crippen LogP contribution in [0.4, 0.5) is 0 Å². The van der Waals surface area contributed by atoms with E-state index in [-0.39, 0.29) is 24.2 Å². The molecule has 1 aromatic heterocycles. The number of carbonyl (C=O) groups excluding carboxylic acids is 3. The lowest BCUT2D eigenvalue weighted by Crippen LogP contribution is -2.50. The molecule has 9 heteroatoms. The molecule has 0 aliphatic carbocycles. The standard InChI is InChI=1S/C22H26BrN5O3/c1-12(2)8-18(21(30)26-14(11-24)9-13-6-7-25-20(13)29)28-22(31)19-10-15-16(23)4-3-5-17(15)27-19/h3-5,10,12-14,18,27H,6-9H2,1-2H3,(H,25,29)(H,26,30)(H,28,31)/t13-,14-,18-/m0/s1. The highest BCUT2D eigenvalue weighted by molar-refractivity contribution is 9.10. The fraction of sp³-hybridized carbons (Fsp3) is 0.455. The van der Waals surface area contributed by atoms with Gasteiger partial charge in [0.2, 0.25) is 11.8 Å². The topological polar surface area (TPSA) is 127 Å². The summed E-state index contributed by atoms with van der Waals surface area (Å²) in [5.41, 5.74) is 1.16. The van der Waals surface area contributed by atoms with Crippen molar-refractivity contribution >= 4 is 44.6 Å². The third-order valence-corrected chi connectivity index (χ3v) is 6.03. The number of aromatic nitrogens is 1. The van der Waals surface area contributed by atoms with E-state index in [1.807, 2.05) is 32.0 Å². The number of halogens is 1. The van der Waals surface area contributed by atoms with Gasteiger partial charge in [-0.25, -0.2) is 0 Å². The molecule has 0 bridgehead atoms. The van der Waals surface area contributed by atoms with E-state index in [2.05, 4.69) is 42.9 Å². The average Bonchev–Trinajstić information content (AvgIpc) is 3.33. The number of H-pyrrole nitrogens is 1. The van der Waals surface area contributed by atoms with E-state index >= 15 is 0 Å². The van der Waals surface area contributed by atoms with Crippen molar-refractivity contribution in [3.05, 3.63) is 34.4 Å². The van der Waals surface area contributed by atoms with E-state index in [1.165, 1.54) is 0 Å². The molecule has 1 saturated heterocycles. The molecule has 1 aromatic carbocycles. The average molecular weight is 488 g/mol. The normalized spacial score (nSPS) is 17.8. The number of hydrogen-bond donors (Lipinski definition) is 4. The number of rotatable bonds is 8. The Labute approximate surface area is 189 Å². The Bertz CT molecular complexity index is 1030. The Morgan fingerprint density at radius 2 is 2.10 bits per heavy atom. The first-order valence-corrected chi connectivity index (χ1v) is 11.1. The zero-order chi connectivity index (χ0) is 22.5. The molecule has 8 nitrogen and oxygen atoms in total. The highest BCUT2D eigenvalue weighted by Crippen LogP contribution is 2.24. The van der Waals surface area contributed by atoms with E-state index in [0.717, 1.165) is 15.4 Å². The van der Waals surface area contributed by atoms with Gasteiger partial charge in [-0.05, 0) is 43.4 Å². The predicted molar refractivity (Wildman–Crippen MR) is 120 cm³/mol. The summed E-state index contributed by atoms with van der Waals surface area (Å²) in [5.74, 6) is -1.05. The van der Waals surface area contributed by atoms with E-state index in [1.54, 1.807) is 6.07 Å². The number of fused-ring (bicyclic) bond motifs is 1. The summed E-state index contributed by atoms with van der Waals surface area (Å²) in [6.45, 7) is 4.50. The Balaban J connectivity index is 1.70. The first-order valence-electron chi connectivity index (χ1n) is 10.3. The number of nitrogens with zero attached hydrogens (tertiary/aromatic N) is 1. The number of carbonyl (C=O) groups is 3. The van der Waals surface area contributed by atoms with Gasteiger partial charge in [-0.1, -0.05) is 35.8 Å². The van der Waals surface area contributed by atoms with Crippen molar-refractivity contribution < 1.29 is 14.4 Å². The molecular formula is C22H26BrN5O3. The number of amides is 3. The van der Waals surface area contributed by atoms with Crippen LogP contribution >= 0.6 is 15.9 Å². The van der Waals surface area contributed by atoms with Crippen LogP contribution in [0.5, 0.6) is 0 Å². The molecule has 31 heavy (non-hydrogen) atoms. The lowest BCUT2D eigenvalue weighted by molar-refractivity contribution is -0.125. The van der Waals surface area contributed by atoms with Crippen LogP contribution in [0.15, 0.2) is 28.7 Å². The van der Waals surface area contributed by atoms with Gasteiger partial charge in [-0.2, -0.15) is 5.26 Å². The first kappa shape index (κ1) is 22.8. The van der Waals surface area contributed by atoms with Crippen LogP contribution in [0, 0.1) is 23.2 Å². The summed E-state index contributed by atoms with van der Waals surface area (Å²) in [6, 6.07) is 7.83. The number of benzene rings is 1. The Kier molecular flexibility index (Phi) is 7.33.